The molecule has 112 valence electrons. The predicted octanol–water partition coefficient (Wildman–Crippen LogP) is 3.36. The molecule has 1 aromatic rings. The number of carbonyl (C=O) groups excluding carboxylic acids is 1. The Morgan fingerprint density at radius 3 is 2.45 bits per heavy atom. The van der Waals surface area contributed by atoms with E-state index in [1.165, 1.54) is 6.07 Å². The second-order valence-electron chi connectivity index (χ2n) is 4.71. The summed E-state index contributed by atoms with van der Waals surface area (Å²) >= 11 is 2.95. The summed E-state index contributed by atoms with van der Waals surface area (Å²) in [7, 11) is 0. The normalized spacial score (nSPS) is 14.8. The number of aliphatic hydroxyl groups excluding tert-OH is 1. The number of halogens is 4. The number of nitrogens with one attached hydrogen (secondary N) is 1. The van der Waals surface area contributed by atoms with Crippen molar-refractivity contribution in [2.75, 3.05) is 6.61 Å². The minimum absolute atomic E-state index is 0.238. The number of hydrogen-bond donors (Lipinski definition) is 2. The quantitative estimate of drug-likeness (QED) is 0.871. The molecule has 7 heteroatoms. The molecule has 0 fully saturated rings. The zero-order valence-electron chi connectivity index (χ0n) is 11.0. The third-order valence-electron chi connectivity index (χ3n) is 3.08. The number of alkyl halides is 3. The van der Waals surface area contributed by atoms with Gasteiger partial charge in [0.2, 0.25) is 0 Å². The first kappa shape index (κ1) is 17.0. The number of aliphatic hydroxyl groups is 1. The molecule has 0 aliphatic rings. The van der Waals surface area contributed by atoms with Crippen LogP contribution < -0.4 is 5.32 Å². The van der Waals surface area contributed by atoms with Gasteiger partial charge in [-0.25, -0.2) is 0 Å². The highest BCUT2D eigenvalue weighted by Gasteiger charge is 2.36. The maximum Gasteiger partial charge on any atom is 0.417 e. The van der Waals surface area contributed by atoms with E-state index in [9.17, 15) is 23.1 Å². The van der Waals surface area contributed by atoms with Crippen molar-refractivity contribution >= 4 is 21.8 Å². The summed E-state index contributed by atoms with van der Waals surface area (Å²) in [6.07, 6.45) is -4.23. The summed E-state index contributed by atoms with van der Waals surface area (Å²) in [6.45, 7) is 2.94. The van der Waals surface area contributed by atoms with Crippen molar-refractivity contribution in [2.45, 2.75) is 32.0 Å². The minimum Gasteiger partial charge on any atom is -0.394 e. The van der Waals surface area contributed by atoms with E-state index in [1.54, 1.807) is 13.8 Å². The largest absolute Gasteiger partial charge is 0.417 e. The zero-order valence-corrected chi connectivity index (χ0v) is 12.6. The van der Waals surface area contributed by atoms with Gasteiger partial charge in [0.15, 0.2) is 0 Å². The smallest absolute Gasteiger partial charge is 0.394 e. The van der Waals surface area contributed by atoms with Gasteiger partial charge in [0.1, 0.15) is 0 Å². The maximum atomic E-state index is 12.9. The van der Waals surface area contributed by atoms with E-state index in [1.807, 2.05) is 0 Å². The molecule has 1 rings (SSSR count). The van der Waals surface area contributed by atoms with E-state index >= 15 is 0 Å². The van der Waals surface area contributed by atoms with Gasteiger partial charge < -0.3 is 10.4 Å². The molecule has 0 aliphatic carbocycles. The predicted molar refractivity (Wildman–Crippen MR) is 72.4 cm³/mol. The van der Waals surface area contributed by atoms with Crippen molar-refractivity contribution in [3.8, 4) is 0 Å². The fourth-order valence-electron chi connectivity index (χ4n) is 1.53. The van der Waals surface area contributed by atoms with Gasteiger partial charge in [0.25, 0.3) is 5.91 Å². The summed E-state index contributed by atoms with van der Waals surface area (Å²) < 4.78 is 39.0. The second-order valence-corrected chi connectivity index (χ2v) is 5.63. The van der Waals surface area contributed by atoms with E-state index in [-0.39, 0.29) is 11.1 Å². The number of rotatable bonds is 4. The lowest BCUT2D eigenvalue weighted by Crippen LogP contribution is -2.48. The topological polar surface area (TPSA) is 49.3 Å². The summed E-state index contributed by atoms with van der Waals surface area (Å²) in [5, 5.41) is 11.6. The van der Waals surface area contributed by atoms with Crippen molar-refractivity contribution in [2.24, 2.45) is 0 Å². The van der Waals surface area contributed by atoms with Crippen LogP contribution in [-0.2, 0) is 6.18 Å². The first-order chi connectivity index (χ1) is 9.13. The molecule has 1 atom stereocenters. The number of carbonyl (C=O) groups is 1. The molecule has 20 heavy (non-hydrogen) atoms. The van der Waals surface area contributed by atoms with Crippen LogP contribution >= 0.6 is 15.9 Å². The van der Waals surface area contributed by atoms with Crippen molar-refractivity contribution < 1.29 is 23.1 Å². The molecule has 3 nitrogen and oxygen atoms in total. The standard InChI is InChI=1S/C13H15BrF3NO2/c1-3-12(2,7-19)18-11(20)9-5-4-8(14)6-10(9)13(15,16)17/h4-6,19H,3,7H2,1-2H3,(H,18,20). The van der Waals surface area contributed by atoms with Gasteiger partial charge in [-0.05, 0) is 31.5 Å². The Hall–Kier alpha value is -1.08. The summed E-state index contributed by atoms with van der Waals surface area (Å²) in [4.78, 5) is 12.0. The van der Waals surface area contributed by atoms with Gasteiger partial charge in [0.05, 0.1) is 23.3 Å². The number of amides is 1. The molecule has 0 aromatic heterocycles. The van der Waals surface area contributed by atoms with Crippen LogP contribution in [0.15, 0.2) is 22.7 Å². The first-order valence-electron chi connectivity index (χ1n) is 5.93. The van der Waals surface area contributed by atoms with Crippen molar-refractivity contribution in [3.63, 3.8) is 0 Å². The highest BCUT2D eigenvalue weighted by Crippen LogP contribution is 2.34. The van der Waals surface area contributed by atoms with E-state index in [2.05, 4.69) is 21.2 Å². The third kappa shape index (κ3) is 3.96. The Labute approximate surface area is 123 Å². The second kappa shape index (κ2) is 6.13. The van der Waals surface area contributed by atoms with E-state index in [0.717, 1.165) is 12.1 Å². The molecule has 0 radical (unpaired) electrons. The van der Waals surface area contributed by atoms with Gasteiger partial charge in [-0.3, -0.25) is 4.79 Å². The van der Waals surface area contributed by atoms with Crippen molar-refractivity contribution in [1.29, 1.82) is 0 Å². The Bertz CT molecular complexity index is 499. The van der Waals surface area contributed by atoms with E-state index in [4.69, 9.17) is 0 Å². The van der Waals surface area contributed by atoms with Crippen molar-refractivity contribution in [3.05, 3.63) is 33.8 Å². The molecule has 1 amide bonds. The molecule has 0 saturated carbocycles. The van der Waals surface area contributed by atoms with E-state index in [0.29, 0.717) is 6.42 Å². The van der Waals surface area contributed by atoms with Gasteiger partial charge in [-0.15, -0.1) is 0 Å². The van der Waals surface area contributed by atoms with Crippen molar-refractivity contribution in [1.82, 2.24) is 5.32 Å². The lowest BCUT2D eigenvalue weighted by atomic mass is 9.98. The fraction of sp³-hybridized carbons (Fsp3) is 0.462. The third-order valence-corrected chi connectivity index (χ3v) is 3.57. The highest BCUT2D eigenvalue weighted by atomic mass is 79.9. The molecule has 0 bridgehead atoms. The van der Waals surface area contributed by atoms with Crippen LogP contribution in [0, 0.1) is 0 Å². The van der Waals surface area contributed by atoms with Crippen LogP contribution in [0.4, 0.5) is 13.2 Å². The lowest BCUT2D eigenvalue weighted by Gasteiger charge is -2.27. The Balaban J connectivity index is 3.17. The Morgan fingerprint density at radius 2 is 2.00 bits per heavy atom. The maximum absolute atomic E-state index is 12.9. The monoisotopic (exact) mass is 353 g/mol. The van der Waals surface area contributed by atoms with E-state index < -0.39 is 28.7 Å². The molecule has 2 N–H and O–H groups in total. The lowest BCUT2D eigenvalue weighted by molar-refractivity contribution is -0.138. The molecule has 0 heterocycles. The number of hydrogen-bond acceptors (Lipinski definition) is 2. The molecule has 1 aromatic carbocycles. The summed E-state index contributed by atoms with van der Waals surface area (Å²) in [6, 6.07) is 3.33. The summed E-state index contributed by atoms with van der Waals surface area (Å²) in [5.41, 5.74) is -2.43. The van der Waals surface area contributed by atoms with Crippen LogP contribution in [0.2, 0.25) is 0 Å². The zero-order chi connectivity index (χ0) is 15.6. The van der Waals surface area contributed by atoms with Crippen LogP contribution in [-0.4, -0.2) is 23.2 Å². The average Bonchev–Trinajstić information content (AvgIpc) is 2.37. The molecular formula is C13H15BrF3NO2. The fourth-order valence-corrected chi connectivity index (χ4v) is 1.89. The number of benzene rings is 1. The van der Waals surface area contributed by atoms with Gasteiger partial charge in [-0.2, -0.15) is 13.2 Å². The van der Waals surface area contributed by atoms with Crippen LogP contribution in [0.5, 0.6) is 0 Å². The Morgan fingerprint density at radius 1 is 1.40 bits per heavy atom. The summed E-state index contributed by atoms with van der Waals surface area (Å²) in [5.74, 6) is -0.858. The van der Waals surface area contributed by atoms with Gasteiger partial charge in [-0.1, -0.05) is 22.9 Å². The van der Waals surface area contributed by atoms with Gasteiger partial charge >= 0.3 is 6.18 Å². The molecule has 1 unspecified atom stereocenters. The highest BCUT2D eigenvalue weighted by molar-refractivity contribution is 9.10. The average molecular weight is 354 g/mol. The van der Waals surface area contributed by atoms with Gasteiger partial charge in [0, 0.05) is 4.47 Å². The molecule has 0 aliphatic heterocycles. The van der Waals surface area contributed by atoms with Crippen LogP contribution in [0.1, 0.15) is 36.2 Å². The molecule has 0 saturated heterocycles. The van der Waals surface area contributed by atoms with Crippen LogP contribution in [0.3, 0.4) is 0 Å². The van der Waals surface area contributed by atoms with Crippen LogP contribution in [0.25, 0.3) is 0 Å². The first-order valence-corrected chi connectivity index (χ1v) is 6.72. The molecular weight excluding hydrogens is 339 g/mol. The molecule has 0 spiro atoms. The minimum atomic E-state index is -4.63. The SMILES string of the molecule is CCC(C)(CO)NC(=O)c1ccc(Br)cc1C(F)(F)F. The Kier molecular flexibility index (Phi) is 5.21.